The van der Waals surface area contributed by atoms with E-state index < -0.39 is 16.4 Å². The summed E-state index contributed by atoms with van der Waals surface area (Å²) in [4.78, 5) is 35.4. The summed E-state index contributed by atoms with van der Waals surface area (Å²) in [6, 6.07) is 2.35. The molecular weight excluding hydrogens is 354 g/mol. The van der Waals surface area contributed by atoms with E-state index in [2.05, 4.69) is 5.10 Å². The third-order valence-electron chi connectivity index (χ3n) is 5.32. The van der Waals surface area contributed by atoms with Gasteiger partial charge in [0.1, 0.15) is 5.75 Å². The molecule has 27 heavy (non-hydrogen) atoms. The molecule has 1 aromatic rings. The van der Waals surface area contributed by atoms with Crippen molar-refractivity contribution in [2.24, 2.45) is 28.8 Å². The Labute approximate surface area is 154 Å². The lowest BCUT2D eigenvalue weighted by Gasteiger charge is -2.15. The van der Waals surface area contributed by atoms with Crippen LogP contribution in [0.1, 0.15) is 18.9 Å². The zero-order valence-corrected chi connectivity index (χ0v) is 14.4. The van der Waals surface area contributed by atoms with Crippen molar-refractivity contribution in [2.45, 2.75) is 13.3 Å². The minimum atomic E-state index is -0.829. The summed E-state index contributed by atoms with van der Waals surface area (Å²) in [6.07, 6.45) is 5.95. The molecule has 9 nitrogen and oxygen atoms in total. The van der Waals surface area contributed by atoms with Gasteiger partial charge in [-0.1, -0.05) is 12.2 Å². The van der Waals surface area contributed by atoms with Crippen molar-refractivity contribution in [2.75, 3.05) is 6.61 Å². The Hall–Kier alpha value is -3.23. The van der Waals surface area contributed by atoms with E-state index in [1.165, 1.54) is 12.3 Å². The largest absolute Gasteiger partial charge is 0.865 e. The monoisotopic (exact) mass is 370 g/mol. The van der Waals surface area contributed by atoms with Crippen LogP contribution in [-0.4, -0.2) is 34.6 Å². The number of allylic oxidation sites excluding steroid dienone is 2. The number of fused-ring (bicyclic) bond motifs is 5. The second-order valence-corrected chi connectivity index (χ2v) is 6.79. The molecule has 0 spiro atoms. The van der Waals surface area contributed by atoms with Crippen LogP contribution in [0, 0.1) is 33.8 Å². The van der Waals surface area contributed by atoms with Crippen LogP contribution >= 0.6 is 0 Å². The molecule has 0 N–H and O–H groups in total. The number of hydrazone groups is 1. The highest BCUT2D eigenvalue weighted by atomic mass is 16.6. The maximum absolute atomic E-state index is 12.6. The summed E-state index contributed by atoms with van der Waals surface area (Å²) < 4.78 is 5.14. The number of nitro benzene ring substituents is 1. The van der Waals surface area contributed by atoms with Crippen molar-refractivity contribution in [1.82, 2.24) is 5.01 Å². The van der Waals surface area contributed by atoms with Crippen LogP contribution in [0.3, 0.4) is 0 Å². The SMILES string of the molecule is CCOc1cc(/C=N\N2C(=O)[C@@H]3[C@H](C2=O)[C@@H]2C=C[C@@H]3C2)cc([N+](=O)[O-])c1[O-]. The van der Waals surface area contributed by atoms with Crippen molar-refractivity contribution >= 4 is 23.7 Å². The third kappa shape index (κ3) is 2.57. The maximum atomic E-state index is 12.6. The quantitative estimate of drug-likeness (QED) is 0.252. The topological polar surface area (TPSA) is 125 Å². The number of nitrogens with zero attached hydrogens (tertiary/aromatic N) is 3. The zero-order valence-electron chi connectivity index (χ0n) is 14.4. The summed E-state index contributed by atoms with van der Waals surface area (Å²) in [6.45, 7) is 1.81. The normalized spacial score (nSPS) is 28.4. The van der Waals surface area contributed by atoms with E-state index in [1.54, 1.807) is 6.92 Å². The van der Waals surface area contributed by atoms with E-state index >= 15 is 0 Å². The second kappa shape index (κ2) is 6.19. The molecule has 4 rings (SSSR count). The molecule has 2 bridgehead atoms. The van der Waals surface area contributed by atoms with Crippen LogP contribution in [0.4, 0.5) is 5.69 Å². The highest BCUT2D eigenvalue weighted by Crippen LogP contribution is 2.52. The summed E-state index contributed by atoms with van der Waals surface area (Å²) in [5, 5.41) is 27.9. The molecule has 140 valence electrons. The molecule has 2 amide bonds. The number of carbonyl (C=O) groups excluding carboxylic acids is 2. The first-order chi connectivity index (χ1) is 12.9. The number of benzene rings is 1. The fourth-order valence-corrected chi connectivity index (χ4v) is 4.21. The predicted molar refractivity (Wildman–Crippen MR) is 90.9 cm³/mol. The van der Waals surface area contributed by atoms with Crippen LogP contribution in [0.25, 0.3) is 0 Å². The van der Waals surface area contributed by atoms with Crippen LogP contribution in [-0.2, 0) is 9.59 Å². The van der Waals surface area contributed by atoms with Crippen LogP contribution in [0.2, 0.25) is 0 Å². The Morgan fingerprint density at radius 2 is 1.89 bits per heavy atom. The summed E-state index contributed by atoms with van der Waals surface area (Å²) in [7, 11) is 0. The first-order valence-electron chi connectivity index (χ1n) is 8.64. The first-order valence-corrected chi connectivity index (χ1v) is 8.64. The van der Waals surface area contributed by atoms with Gasteiger partial charge in [0, 0.05) is 17.4 Å². The van der Waals surface area contributed by atoms with Gasteiger partial charge in [-0.25, -0.2) is 0 Å². The van der Waals surface area contributed by atoms with Crippen LogP contribution in [0.5, 0.6) is 11.5 Å². The molecule has 2 aliphatic carbocycles. The molecule has 1 aromatic carbocycles. The van der Waals surface area contributed by atoms with Gasteiger partial charge in [-0.3, -0.25) is 19.7 Å². The number of ether oxygens (including phenoxy) is 1. The number of rotatable bonds is 5. The van der Waals surface area contributed by atoms with Crippen LogP contribution < -0.4 is 9.84 Å². The molecule has 9 heteroatoms. The van der Waals surface area contributed by atoms with Crippen molar-refractivity contribution in [1.29, 1.82) is 0 Å². The zero-order chi connectivity index (χ0) is 19.3. The van der Waals surface area contributed by atoms with Gasteiger partial charge in [0.05, 0.1) is 29.6 Å². The van der Waals surface area contributed by atoms with Gasteiger partial charge in [-0.15, -0.1) is 0 Å². The molecule has 1 aliphatic heterocycles. The molecule has 2 fully saturated rings. The van der Waals surface area contributed by atoms with E-state index in [4.69, 9.17) is 4.74 Å². The predicted octanol–water partition coefficient (Wildman–Crippen LogP) is 1.21. The van der Waals surface area contributed by atoms with Crippen LogP contribution in [0.15, 0.2) is 29.4 Å². The summed E-state index contributed by atoms with van der Waals surface area (Å²) >= 11 is 0. The minimum absolute atomic E-state index is 0.0713. The molecule has 1 saturated carbocycles. The number of nitro groups is 1. The van der Waals surface area contributed by atoms with E-state index in [0.717, 1.165) is 17.5 Å². The maximum Gasteiger partial charge on any atom is 0.266 e. The first kappa shape index (κ1) is 17.2. The highest BCUT2D eigenvalue weighted by molar-refractivity contribution is 6.06. The fourth-order valence-electron chi connectivity index (χ4n) is 4.21. The third-order valence-corrected chi connectivity index (χ3v) is 5.32. The van der Waals surface area contributed by atoms with Crippen molar-refractivity contribution in [3.8, 4) is 11.5 Å². The highest BCUT2D eigenvalue weighted by Gasteiger charge is 2.59. The van der Waals surface area contributed by atoms with E-state index in [1.807, 2.05) is 12.2 Å². The molecule has 0 radical (unpaired) electrons. The summed E-state index contributed by atoms with van der Waals surface area (Å²) in [5.74, 6) is -2.31. The Morgan fingerprint density at radius 3 is 2.44 bits per heavy atom. The van der Waals surface area contributed by atoms with Crippen molar-refractivity contribution < 1.29 is 24.4 Å². The van der Waals surface area contributed by atoms with Gasteiger partial charge in [0.2, 0.25) is 0 Å². The lowest BCUT2D eigenvalue weighted by molar-refractivity contribution is -0.398. The average Bonchev–Trinajstić information content (AvgIpc) is 3.30. The number of hydrogen-bond acceptors (Lipinski definition) is 7. The lowest BCUT2D eigenvalue weighted by Crippen LogP contribution is -2.28. The second-order valence-electron chi connectivity index (χ2n) is 6.79. The average molecular weight is 370 g/mol. The lowest BCUT2D eigenvalue weighted by atomic mass is 9.85. The van der Waals surface area contributed by atoms with E-state index in [9.17, 15) is 24.8 Å². The van der Waals surface area contributed by atoms with Gasteiger partial charge in [-0.2, -0.15) is 10.1 Å². The Balaban J connectivity index is 1.63. The molecule has 0 unspecified atom stereocenters. The van der Waals surface area contributed by atoms with Gasteiger partial charge < -0.3 is 9.84 Å². The van der Waals surface area contributed by atoms with E-state index in [0.29, 0.717) is 0 Å². The Kier molecular flexibility index (Phi) is 3.94. The molecule has 1 saturated heterocycles. The van der Waals surface area contributed by atoms with Gasteiger partial charge in [-0.05, 0) is 31.2 Å². The van der Waals surface area contributed by atoms with Crippen molar-refractivity contribution in [3.05, 3.63) is 40.0 Å². The number of imide groups is 1. The van der Waals surface area contributed by atoms with Gasteiger partial charge >= 0.3 is 0 Å². The smallest absolute Gasteiger partial charge is 0.266 e. The number of carbonyl (C=O) groups is 2. The minimum Gasteiger partial charge on any atom is -0.865 e. The Bertz CT molecular complexity index is 879. The molecule has 1 heterocycles. The number of hydrogen-bond donors (Lipinski definition) is 0. The standard InChI is InChI=1S/C18H17N3O6/c1-2-27-13-6-9(5-12(16(13)22)21(25)26)8-19-20-17(23)14-10-3-4-11(7-10)15(14)18(20)24/h3-6,8,10-11,14-15,22H,2,7H2,1H3/p-1/b19-8-/t10-,11-,14-,15+/m1/s1. The van der Waals surface area contributed by atoms with Gasteiger partial charge in [0.15, 0.2) is 0 Å². The molecule has 0 aromatic heterocycles. The Morgan fingerprint density at radius 1 is 1.26 bits per heavy atom. The van der Waals surface area contributed by atoms with Crippen molar-refractivity contribution in [3.63, 3.8) is 0 Å². The summed E-state index contributed by atoms with van der Waals surface area (Å²) in [5.41, 5.74) is -0.455. The number of amides is 2. The molecule has 3 aliphatic rings. The molecule has 4 atom stereocenters. The van der Waals surface area contributed by atoms with Gasteiger partial charge in [0.25, 0.3) is 17.5 Å². The molecular formula is C18H16N3O6-. The fraction of sp³-hybridized carbons (Fsp3) is 0.389. The van der Waals surface area contributed by atoms with E-state index in [-0.39, 0.29) is 53.4 Å².